The number of ether oxygens (including phenoxy) is 6. The fourth-order valence-electron chi connectivity index (χ4n) is 2.52. The summed E-state index contributed by atoms with van der Waals surface area (Å²) in [6.45, 7) is 2.55. The number of hydrogen-bond acceptors (Lipinski definition) is 9. The monoisotopic (exact) mass is 336 g/mol. The van der Waals surface area contributed by atoms with Crippen LogP contribution in [0.1, 0.15) is 13.8 Å². The fourth-order valence-corrected chi connectivity index (χ4v) is 2.52. The molecule has 0 radical (unpaired) electrons. The molecule has 1 saturated heterocycles. The van der Waals surface area contributed by atoms with Gasteiger partial charge in [0.05, 0.1) is 6.61 Å². The van der Waals surface area contributed by atoms with Gasteiger partial charge in [-0.05, 0) is 0 Å². The summed E-state index contributed by atoms with van der Waals surface area (Å²) in [5.41, 5.74) is 0. The van der Waals surface area contributed by atoms with Crippen LogP contribution in [0.4, 0.5) is 0 Å². The maximum atomic E-state index is 11.4. The number of rotatable bonds is 7. The average Bonchev–Trinajstić information content (AvgIpc) is 2.47. The van der Waals surface area contributed by atoms with Crippen molar-refractivity contribution in [3.8, 4) is 0 Å². The maximum Gasteiger partial charge on any atom is 0.303 e. The van der Waals surface area contributed by atoms with Crippen LogP contribution in [0.2, 0.25) is 0 Å². The molecule has 0 aromatic carbocycles. The molecule has 134 valence electrons. The summed E-state index contributed by atoms with van der Waals surface area (Å²) >= 11 is 0. The zero-order valence-electron chi connectivity index (χ0n) is 13.9. The lowest BCUT2D eigenvalue weighted by atomic mass is 9.94. The second kappa shape index (κ2) is 9.14. The van der Waals surface area contributed by atoms with Crippen LogP contribution < -0.4 is 0 Å². The van der Waals surface area contributed by atoms with Crippen LogP contribution in [0.25, 0.3) is 0 Å². The lowest BCUT2D eigenvalue weighted by molar-refractivity contribution is -0.308. The quantitative estimate of drug-likeness (QED) is 0.600. The second-order valence-corrected chi connectivity index (χ2v) is 5.07. The molecule has 0 aromatic heterocycles. The van der Waals surface area contributed by atoms with Gasteiger partial charge in [0, 0.05) is 35.2 Å². The molecule has 0 amide bonds. The van der Waals surface area contributed by atoms with Crippen molar-refractivity contribution in [3.05, 3.63) is 0 Å². The van der Waals surface area contributed by atoms with Crippen molar-refractivity contribution in [2.45, 2.75) is 50.7 Å². The summed E-state index contributed by atoms with van der Waals surface area (Å²) in [7, 11) is 4.32. The van der Waals surface area contributed by atoms with E-state index in [1.54, 1.807) is 0 Å². The normalized spacial score (nSPS) is 32.2. The SMILES string of the molecule is COC[C@@H](OC)[C@H]1O[C@@H](O)[C@H](OC(C)=O)[C@@H](OC(C)=O)[C@@H]1OC. The van der Waals surface area contributed by atoms with Gasteiger partial charge in [0.1, 0.15) is 18.3 Å². The summed E-state index contributed by atoms with van der Waals surface area (Å²) < 4.78 is 31.4. The number of aliphatic hydroxyl groups excluding tert-OH is 1. The Labute approximate surface area is 134 Å². The van der Waals surface area contributed by atoms with Crippen molar-refractivity contribution in [1.82, 2.24) is 0 Å². The molecule has 0 aliphatic carbocycles. The van der Waals surface area contributed by atoms with Gasteiger partial charge in [0.15, 0.2) is 18.5 Å². The number of carbonyl (C=O) groups excluding carboxylic acids is 2. The molecule has 0 aromatic rings. The lowest BCUT2D eigenvalue weighted by Crippen LogP contribution is -2.64. The first-order valence-corrected chi connectivity index (χ1v) is 7.08. The van der Waals surface area contributed by atoms with Gasteiger partial charge in [-0.2, -0.15) is 0 Å². The highest BCUT2D eigenvalue weighted by atomic mass is 16.7. The molecule has 9 nitrogen and oxygen atoms in total. The van der Waals surface area contributed by atoms with Gasteiger partial charge in [0.25, 0.3) is 0 Å². The second-order valence-electron chi connectivity index (χ2n) is 5.07. The molecule has 1 aliphatic rings. The van der Waals surface area contributed by atoms with Crippen molar-refractivity contribution in [2.75, 3.05) is 27.9 Å². The molecule has 9 heteroatoms. The van der Waals surface area contributed by atoms with Gasteiger partial charge >= 0.3 is 11.9 Å². The van der Waals surface area contributed by atoms with E-state index in [2.05, 4.69) is 0 Å². The van der Waals surface area contributed by atoms with Crippen LogP contribution in [0, 0.1) is 0 Å². The molecule has 0 spiro atoms. The van der Waals surface area contributed by atoms with Crippen LogP contribution in [0.5, 0.6) is 0 Å². The standard InChI is InChI=1S/C14H24O9/c1-7(15)21-12-11(20-5)10(9(19-4)6-18-3)23-14(17)13(12)22-8(2)16/h9-14,17H,6H2,1-5H3/t9-,10-,11-,12+,13-,14-/m1/s1. The Balaban J connectivity index is 3.09. The van der Waals surface area contributed by atoms with E-state index in [0.29, 0.717) is 0 Å². The topological polar surface area (TPSA) is 110 Å². The molecule has 1 rings (SSSR count). The van der Waals surface area contributed by atoms with E-state index in [1.165, 1.54) is 35.2 Å². The molecule has 0 saturated carbocycles. The summed E-state index contributed by atoms with van der Waals surface area (Å²) in [4.78, 5) is 22.6. The summed E-state index contributed by atoms with van der Waals surface area (Å²) in [5.74, 6) is -1.26. The molecule has 0 bridgehead atoms. The van der Waals surface area contributed by atoms with Crippen LogP contribution in [-0.2, 0) is 38.0 Å². The van der Waals surface area contributed by atoms with E-state index >= 15 is 0 Å². The first kappa shape index (κ1) is 19.8. The Morgan fingerprint density at radius 3 is 2.04 bits per heavy atom. The van der Waals surface area contributed by atoms with E-state index in [0.717, 1.165) is 0 Å². The third-order valence-corrected chi connectivity index (χ3v) is 3.43. The average molecular weight is 336 g/mol. The Bertz CT molecular complexity index is 400. The fraction of sp³-hybridized carbons (Fsp3) is 0.857. The number of hydrogen-bond donors (Lipinski definition) is 1. The van der Waals surface area contributed by atoms with Crippen LogP contribution in [0.3, 0.4) is 0 Å². The van der Waals surface area contributed by atoms with Crippen molar-refractivity contribution in [1.29, 1.82) is 0 Å². The van der Waals surface area contributed by atoms with Crippen LogP contribution in [0.15, 0.2) is 0 Å². The van der Waals surface area contributed by atoms with E-state index in [-0.39, 0.29) is 6.61 Å². The Hall–Kier alpha value is -1.26. The lowest BCUT2D eigenvalue weighted by Gasteiger charge is -2.44. The van der Waals surface area contributed by atoms with E-state index in [4.69, 9.17) is 28.4 Å². The number of esters is 2. The highest BCUT2D eigenvalue weighted by Gasteiger charge is 2.52. The smallest absolute Gasteiger partial charge is 0.303 e. The van der Waals surface area contributed by atoms with Crippen molar-refractivity contribution in [3.63, 3.8) is 0 Å². The predicted octanol–water partition coefficient (Wildman–Crippen LogP) is -0.757. The summed E-state index contributed by atoms with van der Waals surface area (Å²) in [5, 5.41) is 10.2. The molecular formula is C14H24O9. The van der Waals surface area contributed by atoms with Crippen molar-refractivity contribution < 1.29 is 43.1 Å². The maximum absolute atomic E-state index is 11.4. The van der Waals surface area contributed by atoms with Gasteiger partial charge < -0.3 is 33.5 Å². The molecule has 1 aliphatic heterocycles. The minimum atomic E-state index is -1.51. The van der Waals surface area contributed by atoms with Crippen molar-refractivity contribution >= 4 is 11.9 Å². The summed E-state index contributed by atoms with van der Waals surface area (Å²) in [6.07, 6.45) is -5.98. The van der Waals surface area contributed by atoms with Gasteiger partial charge in [-0.1, -0.05) is 0 Å². The zero-order chi connectivity index (χ0) is 17.6. The van der Waals surface area contributed by atoms with Crippen LogP contribution in [-0.4, -0.2) is 81.8 Å². The zero-order valence-corrected chi connectivity index (χ0v) is 13.9. The summed E-state index contributed by atoms with van der Waals surface area (Å²) in [6, 6.07) is 0. The molecule has 6 atom stereocenters. The van der Waals surface area contributed by atoms with Gasteiger partial charge in [-0.25, -0.2) is 0 Å². The Morgan fingerprint density at radius 1 is 1.04 bits per heavy atom. The third-order valence-electron chi connectivity index (χ3n) is 3.43. The van der Waals surface area contributed by atoms with E-state index < -0.39 is 48.7 Å². The van der Waals surface area contributed by atoms with Gasteiger partial charge in [-0.3, -0.25) is 9.59 Å². The van der Waals surface area contributed by atoms with E-state index in [1.807, 2.05) is 0 Å². The molecule has 23 heavy (non-hydrogen) atoms. The van der Waals surface area contributed by atoms with Gasteiger partial charge in [0.2, 0.25) is 0 Å². The number of carbonyl (C=O) groups is 2. The molecular weight excluding hydrogens is 312 g/mol. The highest BCUT2D eigenvalue weighted by molar-refractivity contribution is 5.67. The Morgan fingerprint density at radius 2 is 1.61 bits per heavy atom. The number of aliphatic hydroxyl groups is 1. The molecule has 0 unspecified atom stereocenters. The van der Waals surface area contributed by atoms with Gasteiger partial charge in [-0.15, -0.1) is 0 Å². The molecule has 1 fully saturated rings. The van der Waals surface area contributed by atoms with Crippen molar-refractivity contribution in [2.24, 2.45) is 0 Å². The molecule has 1 N–H and O–H groups in total. The first-order chi connectivity index (χ1) is 10.8. The molecule has 1 heterocycles. The predicted molar refractivity (Wildman–Crippen MR) is 75.5 cm³/mol. The highest BCUT2D eigenvalue weighted by Crippen LogP contribution is 2.29. The number of methoxy groups -OCH3 is 3. The Kier molecular flexibility index (Phi) is 7.86. The largest absolute Gasteiger partial charge is 0.455 e. The first-order valence-electron chi connectivity index (χ1n) is 7.08. The van der Waals surface area contributed by atoms with Crippen LogP contribution >= 0.6 is 0 Å². The third kappa shape index (κ3) is 5.11. The van der Waals surface area contributed by atoms with E-state index in [9.17, 15) is 14.7 Å². The minimum Gasteiger partial charge on any atom is -0.455 e. The minimum absolute atomic E-state index is 0.165.